The van der Waals surface area contributed by atoms with E-state index in [1.54, 1.807) is 7.11 Å². The van der Waals surface area contributed by atoms with Crippen LogP contribution in [0.1, 0.15) is 13.8 Å². The van der Waals surface area contributed by atoms with Crippen LogP contribution < -0.4 is 10.6 Å². The van der Waals surface area contributed by atoms with Crippen LogP contribution in [0.25, 0.3) is 0 Å². The molecule has 2 N–H and O–H groups in total. The lowest BCUT2D eigenvalue weighted by Crippen LogP contribution is -2.48. The van der Waals surface area contributed by atoms with E-state index in [1.807, 2.05) is 13.8 Å². The van der Waals surface area contributed by atoms with Gasteiger partial charge in [0.25, 0.3) is 0 Å². The van der Waals surface area contributed by atoms with E-state index in [1.165, 1.54) is 0 Å². The lowest BCUT2D eigenvalue weighted by molar-refractivity contribution is -0.117. The molecule has 0 heterocycles. The Labute approximate surface area is 94.5 Å². The molecule has 0 aliphatic rings. The Morgan fingerprint density at radius 2 is 2.00 bits per heavy atom. The lowest BCUT2D eigenvalue weighted by atomic mass is 10.1. The molecule has 0 saturated carbocycles. The minimum atomic E-state index is -0.545. The number of hydrogen-bond donors (Lipinski definition) is 2. The monoisotopic (exact) mass is 236 g/mol. The lowest BCUT2D eigenvalue weighted by Gasteiger charge is -2.21. The fraction of sp³-hybridized carbons (Fsp3) is 0.778. The molecule has 3 amide bonds. The summed E-state index contributed by atoms with van der Waals surface area (Å²) in [7, 11) is 1.55. The van der Waals surface area contributed by atoms with Gasteiger partial charge in [-0.3, -0.25) is 10.1 Å². The summed E-state index contributed by atoms with van der Waals surface area (Å²) in [4.78, 5) is 22.0. The third-order valence-corrected chi connectivity index (χ3v) is 2.08. The van der Waals surface area contributed by atoms with Crippen molar-refractivity contribution >= 4 is 23.5 Å². The summed E-state index contributed by atoms with van der Waals surface area (Å²) in [5.41, 5.74) is 0. The SMILES string of the molecule is COCC(NC(=O)NC(=O)CCl)C(C)C. The Morgan fingerprint density at radius 3 is 2.40 bits per heavy atom. The molecule has 6 heteroatoms. The van der Waals surface area contributed by atoms with Gasteiger partial charge in [0.2, 0.25) is 5.91 Å². The summed E-state index contributed by atoms with van der Waals surface area (Å²) in [6.07, 6.45) is 0. The molecule has 0 bridgehead atoms. The van der Waals surface area contributed by atoms with Gasteiger partial charge in [-0.25, -0.2) is 4.79 Å². The second kappa shape index (κ2) is 7.48. The van der Waals surface area contributed by atoms with Crippen LogP contribution in [0.3, 0.4) is 0 Å². The minimum Gasteiger partial charge on any atom is -0.383 e. The van der Waals surface area contributed by atoms with Crippen molar-refractivity contribution in [2.24, 2.45) is 5.92 Å². The topological polar surface area (TPSA) is 67.4 Å². The molecule has 1 unspecified atom stereocenters. The third kappa shape index (κ3) is 6.30. The van der Waals surface area contributed by atoms with Gasteiger partial charge in [-0.1, -0.05) is 13.8 Å². The molecule has 88 valence electrons. The number of carbonyl (C=O) groups is 2. The molecule has 0 aromatic carbocycles. The summed E-state index contributed by atoms with van der Waals surface area (Å²) in [6, 6.07) is -0.672. The van der Waals surface area contributed by atoms with E-state index < -0.39 is 11.9 Å². The smallest absolute Gasteiger partial charge is 0.321 e. The van der Waals surface area contributed by atoms with Gasteiger partial charge < -0.3 is 10.1 Å². The Bertz CT molecular complexity index is 221. The summed E-state index contributed by atoms with van der Waals surface area (Å²) >= 11 is 5.24. The second-order valence-electron chi connectivity index (χ2n) is 3.46. The molecule has 0 radical (unpaired) electrons. The van der Waals surface area contributed by atoms with Gasteiger partial charge in [-0.05, 0) is 5.92 Å². The predicted octanol–water partition coefficient (Wildman–Crippen LogP) is 0.722. The van der Waals surface area contributed by atoms with E-state index in [0.717, 1.165) is 0 Å². The highest BCUT2D eigenvalue weighted by atomic mass is 35.5. The molecular weight excluding hydrogens is 220 g/mol. The Balaban J connectivity index is 4.05. The summed E-state index contributed by atoms with van der Waals surface area (Å²) in [6.45, 7) is 4.31. The van der Waals surface area contributed by atoms with E-state index in [2.05, 4.69) is 10.6 Å². The van der Waals surface area contributed by atoms with Crippen molar-refractivity contribution in [3.63, 3.8) is 0 Å². The van der Waals surface area contributed by atoms with Gasteiger partial charge in [-0.2, -0.15) is 0 Å². The largest absolute Gasteiger partial charge is 0.383 e. The zero-order chi connectivity index (χ0) is 11.8. The Kier molecular flexibility index (Phi) is 7.07. The summed E-state index contributed by atoms with van der Waals surface area (Å²) < 4.78 is 4.94. The molecule has 0 aromatic heterocycles. The number of alkyl halides is 1. The highest BCUT2D eigenvalue weighted by Crippen LogP contribution is 2.01. The number of rotatable bonds is 5. The quantitative estimate of drug-likeness (QED) is 0.692. The molecule has 15 heavy (non-hydrogen) atoms. The molecule has 0 fully saturated rings. The second-order valence-corrected chi connectivity index (χ2v) is 3.73. The zero-order valence-electron chi connectivity index (χ0n) is 9.17. The van der Waals surface area contributed by atoms with Gasteiger partial charge in [-0.15, -0.1) is 11.6 Å². The fourth-order valence-corrected chi connectivity index (χ4v) is 1.01. The van der Waals surface area contributed by atoms with Crippen LogP contribution in [-0.4, -0.2) is 37.6 Å². The van der Waals surface area contributed by atoms with Crippen LogP contribution in [0, 0.1) is 5.92 Å². The van der Waals surface area contributed by atoms with Crippen molar-refractivity contribution < 1.29 is 14.3 Å². The van der Waals surface area contributed by atoms with Gasteiger partial charge in [0.05, 0.1) is 12.6 Å². The number of amides is 3. The van der Waals surface area contributed by atoms with Gasteiger partial charge in [0.1, 0.15) is 5.88 Å². The van der Waals surface area contributed by atoms with Crippen molar-refractivity contribution in [3.8, 4) is 0 Å². The number of nitrogens with one attached hydrogen (secondary N) is 2. The van der Waals surface area contributed by atoms with Crippen LogP contribution in [0.4, 0.5) is 4.79 Å². The standard InChI is InChI=1S/C9H17ClN2O3/c1-6(2)7(5-15-3)11-9(14)12-8(13)4-10/h6-7H,4-5H2,1-3H3,(H2,11,12,13,14). The van der Waals surface area contributed by atoms with Gasteiger partial charge in [0.15, 0.2) is 0 Å². The van der Waals surface area contributed by atoms with Crippen LogP contribution in [0.15, 0.2) is 0 Å². The molecular formula is C9H17ClN2O3. The number of imide groups is 1. The predicted molar refractivity (Wildman–Crippen MR) is 57.9 cm³/mol. The first-order chi connectivity index (χ1) is 7.01. The Hall–Kier alpha value is -0.810. The van der Waals surface area contributed by atoms with E-state index in [4.69, 9.17) is 16.3 Å². The summed E-state index contributed by atoms with van der Waals surface area (Å²) in [5.74, 6) is -0.528. The molecule has 0 aliphatic carbocycles. The van der Waals surface area contributed by atoms with Crippen LogP contribution in [0.5, 0.6) is 0 Å². The third-order valence-electron chi connectivity index (χ3n) is 1.84. The first kappa shape index (κ1) is 14.2. The first-order valence-electron chi connectivity index (χ1n) is 4.66. The normalized spacial score (nSPS) is 12.3. The first-order valence-corrected chi connectivity index (χ1v) is 5.20. The van der Waals surface area contributed by atoms with Crippen LogP contribution in [-0.2, 0) is 9.53 Å². The molecule has 0 aromatic rings. The van der Waals surface area contributed by atoms with Crippen LogP contribution >= 0.6 is 11.6 Å². The van der Waals surface area contributed by atoms with E-state index in [-0.39, 0.29) is 17.8 Å². The van der Waals surface area contributed by atoms with Gasteiger partial charge >= 0.3 is 6.03 Å². The van der Waals surface area contributed by atoms with Crippen molar-refractivity contribution in [1.29, 1.82) is 0 Å². The average Bonchev–Trinajstić information content (AvgIpc) is 2.16. The zero-order valence-corrected chi connectivity index (χ0v) is 9.93. The van der Waals surface area contributed by atoms with E-state index in [9.17, 15) is 9.59 Å². The molecule has 5 nitrogen and oxygen atoms in total. The number of halogens is 1. The van der Waals surface area contributed by atoms with Crippen molar-refractivity contribution in [3.05, 3.63) is 0 Å². The average molecular weight is 237 g/mol. The number of urea groups is 1. The maximum Gasteiger partial charge on any atom is 0.321 e. The number of hydrogen-bond acceptors (Lipinski definition) is 3. The maximum absolute atomic E-state index is 11.2. The van der Waals surface area contributed by atoms with Gasteiger partial charge in [0, 0.05) is 7.11 Å². The molecule has 1 atom stereocenters. The van der Waals surface area contributed by atoms with Crippen LogP contribution in [0.2, 0.25) is 0 Å². The van der Waals surface area contributed by atoms with Crippen molar-refractivity contribution in [1.82, 2.24) is 10.6 Å². The van der Waals surface area contributed by atoms with Crippen molar-refractivity contribution in [2.45, 2.75) is 19.9 Å². The van der Waals surface area contributed by atoms with E-state index >= 15 is 0 Å². The molecule has 0 saturated heterocycles. The highest BCUT2D eigenvalue weighted by Gasteiger charge is 2.16. The van der Waals surface area contributed by atoms with Crippen molar-refractivity contribution in [2.75, 3.05) is 19.6 Å². The highest BCUT2D eigenvalue weighted by molar-refractivity contribution is 6.28. The number of ether oxygens (including phenoxy) is 1. The Morgan fingerprint density at radius 1 is 1.40 bits per heavy atom. The minimum absolute atomic E-state index is 0.127. The van der Waals surface area contributed by atoms with E-state index in [0.29, 0.717) is 6.61 Å². The fourth-order valence-electron chi connectivity index (χ4n) is 0.945. The molecule has 0 spiro atoms. The summed E-state index contributed by atoms with van der Waals surface area (Å²) in [5, 5.41) is 4.72. The molecule has 0 rings (SSSR count). The molecule has 0 aliphatic heterocycles. The number of carbonyl (C=O) groups excluding carboxylic acids is 2. The maximum atomic E-state index is 11.2. The number of methoxy groups -OCH3 is 1.